The fourth-order valence-corrected chi connectivity index (χ4v) is 2.86. The highest BCUT2D eigenvalue weighted by Gasteiger charge is 2.42. The van der Waals surface area contributed by atoms with Crippen molar-refractivity contribution in [3.63, 3.8) is 0 Å². The van der Waals surface area contributed by atoms with E-state index < -0.39 is 29.9 Å². The van der Waals surface area contributed by atoms with Gasteiger partial charge in [0.05, 0.1) is 6.10 Å². The summed E-state index contributed by atoms with van der Waals surface area (Å²) in [5.41, 5.74) is -0.564. The van der Waals surface area contributed by atoms with Gasteiger partial charge in [0, 0.05) is 4.90 Å². The maximum absolute atomic E-state index is 9.83. The van der Waals surface area contributed by atoms with Gasteiger partial charge in [0.25, 0.3) is 0 Å². The second-order valence-corrected chi connectivity index (χ2v) is 5.28. The Morgan fingerprint density at radius 2 is 1.65 bits per heavy atom. The lowest BCUT2D eigenvalue weighted by atomic mass is 10.0. The summed E-state index contributed by atoms with van der Waals surface area (Å²) in [6.07, 6.45) is -3.79. The van der Waals surface area contributed by atoms with Crippen LogP contribution in [0.2, 0.25) is 0 Å². The number of hydrogen-bond donors (Lipinski definition) is 3. The van der Waals surface area contributed by atoms with Gasteiger partial charge >= 0.3 is 0 Å². The fraction of sp³-hybridized carbons (Fsp3) is 0.500. The molecule has 0 bridgehead atoms. The standard InChI is InChI=1S/C12H16O4S/c1-7-9(13)10(14)11(15)12(16-7)17-8-5-3-2-4-6-8/h2-7,9-15H,1H3/t7-,9-,10+,11+,12?/m1/s1. The molecule has 0 amide bonds. The van der Waals surface area contributed by atoms with E-state index in [2.05, 4.69) is 0 Å². The molecule has 0 aliphatic carbocycles. The van der Waals surface area contributed by atoms with Crippen molar-refractivity contribution in [2.45, 2.75) is 41.7 Å². The number of ether oxygens (including phenoxy) is 1. The molecule has 0 aromatic heterocycles. The van der Waals surface area contributed by atoms with E-state index in [1.165, 1.54) is 11.8 Å². The lowest BCUT2D eigenvalue weighted by Crippen LogP contribution is -2.55. The first kappa shape index (κ1) is 12.9. The van der Waals surface area contributed by atoms with Crippen LogP contribution in [-0.4, -0.2) is 45.2 Å². The predicted molar refractivity (Wildman–Crippen MR) is 64.7 cm³/mol. The van der Waals surface area contributed by atoms with Crippen LogP contribution in [0.15, 0.2) is 35.2 Å². The summed E-state index contributed by atoms with van der Waals surface area (Å²) in [7, 11) is 0. The van der Waals surface area contributed by atoms with Crippen LogP contribution in [0.3, 0.4) is 0 Å². The molecule has 2 rings (SSSR count). The molecule has 0 saturated carbocycles. The molecule has 1 fully saturated rings. The van der Waals surface area contributed by atoms with Gasteiger partial charge in [0.15, 0.2) is 0 Å². The van der Waals surface area contributed by atoms with Crippen LogP contribution in [0.1, 0.15) is 6.92 Å². The number of benzene rings is 1. The third-order valence-electron chi connectivity index (χ3n) is 2.80. The Balaban J connectivity index is 2.06. The summed E-state index contributed by atoms with van der Waals surface area (Å²) in [5, 5.41) is 29.1. The summed E-state index contributed by atoms with van der Waals surface area (Å²) in [5.74, 6) is 0. The molecule has 0 radical (unpaired) electrons. The van der Waals surface area contributed by atoms with E-state index in [9.17, 15) is 15.3 Å². The molecule has 3 N–H and O–H groups in total. The molecule has 5 heteroatoms. The molecule has 1 aromatic carbocycles. The smallest absolute Gasteiger partial charge is 0.136 e. The number of aliphatic hydroxyl groups is 3. The first-order valence-corrected chi connectivity index (χ1v) is 6.39. The zero-order chi connectivity index (χ0) is 12.4. The summed E-state index contributed by atoms with van der Waals surface area (Å²) in [4.78, 5) is 0.951. The van der Waals surface area contributed by atoms with Gasteiger partial charge < -0.3 is 20.1 Å². The number of rotatable bonds is 2. The quantitative estimate of drug-likeness (QED) is 0.723. The number of thioether (sulfide) groups is 1. The molecule has 1 aromatic rings. The van der Waals surface area contributed by atoms with Gasteiger partial charge in [-0.1, -0.05) is 30.0 Å². The normalized spacial score (nSPS) is 38.0. The van der Waals surface area contributed by atoms with Crippen molar-refractivity contribution in [1.29, 1.82) is 0 Å². The van der Waals surface area contributed by atoms with Crippen molar-refractivity contribution in [3.8, 4) is 0 Å². The second kappa shape index (κ2) is 5.37. The minimum absolute atomic E-state index is 0.491. The first-order valence-electron chi connectivity index (χ1n) is 5.51. The molecule has 1 saturated heterocycles. The van der Waals surface area contributed by atoms with Crippen molar-refractivity contribution in [2.24, 2.45) is 0 Å². The Morgan fingerprint density at radius 3 is 2.29 bits per heavy atom. The highest BCUT2D eigenvalue weighted by Crippen LogP contribution is 2.32. The van der Waals surface area contributed by atoms with Gasteiger partial charge in [0.2, 0.25) is 0 Å². The van der Waals surface area contributed by atoms with E-state index >= 15 is 0 Å². The molecular formula is C12H16O4S. The molecular weight excluding hydrogens is 240 g/mol. The number of hydrogen-bond acceptors (Lipinski definition) is 5. The van der Waals surface area contributed by atoms with Crippen molar-refractivity contribution in [3.05, 3.63) is 30.3 Å². The van der Waals surface area contributed by atoms with Gasteiger partial charge in [-0.05, 0) is 19.1 Å². The Kier molecular flexibility index (Phi) is 4.06. The Bertz CT molecular complexity index is 359. The van der Waals surface area contributed by atoms with E-state index in [0.29, 0.717) is 0 Å². The molecule has 17 heavy (non-hydrogen) atoms. The molecule has 0 spiro atoms. The van der Waals surface area contributed by atoms with Gasteiger partial charge in [-0.3, -0.25) is 0 Å². The van der Waals surface area contributed by atoms with Crippen LogP contribution in [0.5, 0.6) is 0 Å². The highest BCUT2D eigenvalue weighted by atomic mass is 32.2. The molecule has 4 nitrogen and oxygen atoms in total. The molecule has 1 aliphatic rings. The van der Waals surface area contributed by atoms with Gasteiger partial charge in [-0.2, -0.15) is 0 Å². The minimum atomic E-state index is -1.17. The fourth-order valence-electron chi connectivity index (χ4n) is 1.74. The Morgan fingerprint density at radius 1 is 1.00 bits per heavy atom. The molecule has 1 unspecified atom stereocenters. The second-order valence-electron chi connectivity index (χ2n) is 4.11. The van der Waals surface area contributed by atoms with Crippen molar-refractivity contribution >= 4 is 11.8 Å². The SMILES string of the molecule is C[C@H]1OC(Sc2ccccc2)[C@@H](O)[C@@H](O)[C@@H]1O. The Labute approximate surface area is 104 Å². The summed E-state index contributed by atoms with van der Waals surface area (Å²) in [6, 6.07) is 9.51. The lowest BCUT2D eigenvalue weighted by molar-refractivity contribution is -0.192. The van der Waals surface area contributed by atoms with E-state index in [1.807, 2.05) is 30.3 Å². The summed E-state index contributed by atoms with van der Waals surface area (Å²) in [6.45, 7) is 1.68. The van der Waals surface area contributed by atoms with E-state index in [1.54, 1.807) is 6.92 Å². The van der Waals surface area contributed by atoms with E-state index in [4.69, 9.17) is 4.74 Å². The van der Waals surface area contributed by atoms with Crippen LogP contribution < -0.4 is 0 Å². The van der Waals surface area contributed by atoms with Gasteiger partial charge in [0.1, 0.15) is 23.7 Å². The third-order valence-corrected chi connectivity index (χ3v) is 3.97. The van der Waals surface area contributed by atoms with Crippen LogP contribution in [0.25, 0.3) is 0 Å². The van der Waals surface area contributed by atoms with E-state index in [0.717, 1.165) is 4.90 Å². The first-order chi connectivity index (χ1) is 8.09. The molecule has 1 heterocycles. The maximum atomic E-state index is 9.83. The zero-order valence-corrected chi connectivity index (χ0v) is 10.2. The van der Waals surface area contributed by atoms with Crippen LogP contribution in [0, 0.1) is 0 Å². The summed E-state index contributed by atoms with van der Waals surface area (Å²) >= 11 is 1.34. The molecule has 5 atom stereocenters. The average Bonchev–Trinajstić information content (AvgIpc) is 2.35. The Hall–Kier alpha value is -0.590. The topological polar surface area (TPSA) is 69.9 Å². The third kappa shape index (κ3) is 2.81. The molecule has 94 valence electrons. The highest BCUT2D eigenvalue weighted by molar-refractivity contribution is 7.99. The van der Waals surface area contributed by atoms with Crippen LogP contribution in [0.4, 0.5) is 0 Å². The summed E-state index contributed by atoms with van der Waals surface area (Å²) < 4.78 is 5.49. The average molecular weight is 256 g/mol. The van der Waals surface area contributed by atoms with Crippen LogP contribution >= 0.6 is 11.8 Å². The lowest BCUT2D eigenvalue weighted by Gasteiger charge is -2.38. The van der Waals surface area contributed by atoms with Gasteiger partial charge in [-0.15, -0.1) is 0 Å². The molecule has 1 aliphatic heterocycles. The monoisotopic (exact) mass is 256 g/mol. The van der Waals surface area contributed by atoms with Crippen molar-refractivity contribution < 1.29 is 20.1 Å². The van der Waals surface area contributed by atoms with Gasteiger partial charge in [-0.25, -0.2) is 0 Å². The van der Waals surface area contributed by atoms with Crippen molar-refractivity contribution in [1.82, 2.24) is 0 Å². The minimum Gasteiger partial charge on any atom is -0.388 e. The zero-order valence-electron chi connectivity index (χ0n) is 9.43. The van der Waals surface area contributed by atoms with Crippen LogP contribution in [-0.2, 0) is 4.74 Å². The number of aliphatic hydroxyl groups excluding tert-OH is 3. The predicted octanol–water partition coefficient (Wildman–Crippen LogP) is 0.606. The van der Waals surface area contributed by atoms with E-state index in [-0.39, 0.29) is 0 Å². The maximum Gasteiger partial charge on any atom is 0.136 e. The largest absolute Gasteiger partial charge is 0.388 e. The van der Waals surface area contributed by atoms with Crippen molar-refractivity contribution in [2.75, 3.05) is 0 Å².